The standard InChI is InChI=1S/C29H29FN6O3/c1-3-39-29(37)23-16-32-36-26(34(2)17-19-7-5-4-6-8-19)14-25(33-28(23)36)24-18-35(21-9-11-38-12-10-21)27-22(24)13-20(30)15-31-27/h4-8,13-16,18,21H,3,9-12,17H2,1-2H3. The first-order chi connectivity index (χ1) is 19.0. The lowest BCUT2D eigenvalue weighted by atomic mass is 10.1. The number of hydrogen-bond acceptors (Lipinski definition) is 7. The van der Waals surface area contributed by atoms with E-state index >= 15 is 0 Å². The molecular weight excluding hydrogens is 499 g/mol. The summed E-state index contributed by atoms with van der Waals surface area (Å²) in [4.78, 5) is 24.2. The first kappa shape index (κ1) is 25.0. The quantitative estimate of drug-likeness (QED) is 0.273. The summed E-state index contributed by atoms with van der Waals surface area (Å²) in [6.45, 7) is 3.93. The third kappa shape index (κ3) is 4.72. The molecule has 1 aliphatic rings. The minimum atomic E-state index is -0.494. The number of ether oxygens (including phenoxy) is 2. The van der Waals surface area contributed by atoms with Crippen LogP contribution in [0.5, 0.6) is 0 Å². The van der Waals surface area contributed by atoms with Gasteiger partial charge < -0.3 is 18.9 Å². The maximum Gasteiger partial charge on any atom is 0.343 e. The van der Waals surface area contributed by atoms with Crippen molar-refractivity contribution in [3.05, 3.63) is 78.0 Å². The first-order valence-electron chi connectivity index (χ1n) is 13.1. The molecule has 0 aliphatic carbocycles. The number of carbonyl (C=O) groups is 1. The van der Waals surface area contributed by atoms with Gasteiger partial charge in [0.1, 0.15) is 22.8 Å². The largest absolute Gasteiger partial charge is 0.462 e. The molecule has 0 atom stereocenters. The van der Waals surface area contributed by atoms with E-state index in [0.29, 0.717) is 42.1 Å². The number of nitrogens with zero attached hydrogens (tertiary/aromatic N) is 6. The summed E-state index contributed by atoms with van der Waals surface area (Å²) < 4.78 is 29.1. The normalized spacial score (nSPS) is 14.2. The molecule has 5 aromatic rings. The van der Waals surface area contributed by atoms with Crippen LogP contribution in [0.15, 0.2) is 61.1 Å². The Morgan fingerprint density at radius 2 is 1.95 bits per heavy atom. The Bertz CT molecular complexity index is 1640. The molecule has 0 amide bonds. The van der Waals surface area contributed by atoms with E-state index in [-0.39, 0.29) is 18.2 Å². The van der Waals surface area contributed by atoms with E-state index < -0.39 is 11.8 Å². The molecule has 1 aromatic carbocycles. The van der Waals surface area contributed by atoms with E-state index in [1.54, 1.807) is 11.4 Å². The SMILES string of the molecule is CCOC(=O)c1cnn2c(N(C)Cc3ccccc3)cc(-c3cn(C4CCOCC4)c4ncc(F)cc34)nc12. The number of benzene rings is 1. The summed E-state index contributed by atoms with van der Waals surface area (Å²) in [6, 6.07) is 13.7. The topological polar surface area (TPSA) is 86.8 Å². The van der Waals surface area contributed by atoms with Gasteiger partial charge in [0.2, 0.25) is 0 Å². The van der Waals surface area contributed by atoms with E-state index in [2.05, 4.69) is 26.8 Å². The van der Waals surface area contributed by atoms with Crippen LogP contribution < -0.4 is 4.90 Å². The monoisotopic (exact) mass is 528 g/mol. The van der Waals surface area contributed by atoms with Crippen molar-refractivity contribution in [3.8, 4) is 11.3 Å². The number of halogens is 1. The van der Waals surface area contributed by atoms with Gasteiger partial charge in [-0.15, -0.1) is 0 Å². The average Bonchev–Trinajstić information content (AvgIpc) is 3.55. The van der Waals surface area contributed by atoms with Crippen LogP contribution in [0.4, 0.5) is 10.2 Å². The number of esters is 1. The fourth-order valence-corrected chi connectivity index (χ4v) is 5.20. The Labute approximate surface area is 224 Å². The Morgan fingerprint density at radius 1 is 1.15 bits per heavy atom. The van der Waals surface area contributed by atoms with E-state index in [1.807, 2.05) is 42.4 Å². The number of aromatic nitrogens is 5. The molecule has 0 N–H and O–H groups in total. The Balaban J connectivity index is 1.54. The zero-order valence-corrected chi connectivity index (χ0v) is 21.9. The molecule has 0 unspecified atom stereocenters. The molecule has 1 aliphatic heterocycles. The minimum absolute atomic E-state index is 0.182. The minimum Gasteiger partial charge on any atom is -0.462 e. The van der Waals surface area contributed by atoms with Crippen LogP contribution >= 0.6 is 0 Å². The molecule has 5 heterocycles. The van der Waals surface area contributed by atoms with E-state index in [0.717, 1.165) is 29.8 Å². The summed E-state index contributed by atoms with van der Waals surface area (Å²) in [6.07, 6.45) is 6.40. The predicted octanol–water partition coefficient (Wildman–Crippen LogP) is 5.05. The van der Waals surface area contributed by atoms with Crippen LogP contribution in [0, 0.1) is 5.82 Å². The maximum atomic E-state index is 14.5. The van der Waals surface area contributed by atoms with Crippen LogP contribution in [0.1, 0.15) is 41.7 Å². The second kappa shape index (κ2) is 10.5. The predicted molar refractivity (Wildman–Crippen MR) is 145 cm³/mol. The highest BCUT2D eigenvalue weighted by molar-refractivity contribution is 5.98. The first-order valence-corrected chi connectivity index (χ1v) is 13.1. The van der Waals surface area contributed by atoms with Crippen LogP contribution in [0.2, 0.25) is 0 Å². The molecule has 10 heteroatoms. The average molecular weight is 529 g/mol. The van der Waals surface area contributed by atoms with Gasteiger partial charge in [0.15, 0.2) is 5.65 Å². The highest BCUT2D eigenvalue weighted by Gasteiger charge is 2.25. The summed E-state index contributed by atoms with van der Waals surface area (Å²) >= 11 is 0. The third-order valence-electron chi connectivity index (χ3n) is 7.10. The second-order valence-electron chi connectivity index (χ2n) is 9.67. The summed E-state index contributed by atoms with van der Waals surface area (Å²) in [5, 5.41) is 5.15. The van der Waals surface area contributed by atoms with E-state index in [1.165, 1.54) is 18.5 Å². The van der Waals surface area contributed by atoms with Crippen molar-refractivity contribution in [1.29, 1.82) is 0 Å². The van der Waals surface area contributed by atoms with E-state index in [4.69, 9.17) is 14.5 Å². The van der Waals surface area contributed by atoms with Crippen molar-refractivity contribution in [1.82, 2.24) is 24.1 Å². The number of carbonyl (C=O) groups excluding carboxylic acids is 1. The van der Waals surface area contributed by atoms with Gasteiger partial charge in [0, 0.05) is 56.1 Å². The zero-order valence-electron chi connectivity index (χ0n) is 21.9. The van der Waals surface area contributed by atoms with Crippen molar-refractivity contribution in [2.24, 2.45) is 0 Å². The summed E-state index contributed by atoms with van der Waals surface area (Å²) in [5.41, 5.74) is 3.77. The molecule has 1 fully saturated rings. The van der Waals surface area contributed by atoms with Gasteiger partial charge in [0.05, 0.1) is 24.7 Å². The van der Waals surface area contributed by atoms with Crippen LogP contribution in [-0.2, 0) is 16.0 Å². The van der Waals surface area contributed by atoms with Gasteiger partial charge in [-0.25, -0.2) is 19.2 Å². The Hall–Kier alpha value is -4.31. The van der Waals surface area contributed by atoms with Crippen molar-refractivity contribution < 1.29 is 18.7 Å². The molecule has 0 bridgehead atoms. The smallest absolute Gasteiger partial charge is 0.343 e. The van der Waals surface area contributed by atoms with Crippen LogP contribution in [0.25, 0.3) is 27.9 Å². The van der Waals surface area contributed by atoms with Crippen molar-refractivity contribution in [2.75, 3.05) is 31.8 Å². The molecule has 4 aromatic heterocycles. The molecule has 6 rings (SSSR count). The number of anilines is 1. The fraction of sp³-hybridized carbons (Fsp3) is 0.310. The van der Waals surface area contributed by atoms with Crippen LogP contribution in [0.3, 0.4) is 0 Å². The zero-order chi connectivity index (χ0) is 26.9. The lowest BCUT2D eigenvalue weighted by molar-refractivity contribution is 0.0528. The fourth-order valence-electron chi connectivity index (χ4n) is 5.20. The molecule has 0 spiro atoms. The van der Waals surface area contributed by atoms with Crippen LogP contribution in [-0.4, -0.2) is 57.0 Å². The van der Waals surface area contributed by atoms with Crippen molar-refractivity contribution in [2.45, 2.75) is 32.4 Å². The summed E-state index contributed by atoms with van der Waals surface area (Å²) in [5.74, 6) is -0.190. The highest BCUT2D eigenvalue weighted by Crippen LogP contribution is 2.36. The molecule has 9 nitrogen and oxygen atoms in total. The van der Waals surface area contributed by atoms with Gasteiger partial charge >= 0.3 is 5.97 Å². The Kier molecular flexibility index (Phi) is 6.70. The van der Waals surface area contributed by atoms with Gasteiger partial charge in [0.25, 0.3) is 0 Å². The third-order valence-corrected chi connectivity index (χ3v) is 7.10. The van der Waals surface area contributed by atoms with Crippen molar-refractivity contribution >= 4 is 28.5 Å². The van der Waals surface area contributed by atoms with Gasteiger partial charge in [-0.3, -0.25) is 0 Å². The number of pyridine rings is 1. The number of fused-ring (bicyclic) bond motifs is 2. The summed E-state index contributed by atoms with van der Waals surface area (Å²) in [7, 11) is 1.96. The lowest BCUT2D eigenvalue weighted by Gasteiger charge is -2.24. The maximum absolute atomic E-state index is 14.5. The lowest BCUT2D eigenvalue weighted by Crippen LogP contribution is -2.20. The number of rotatable bonds is 7. The molecule has 0 saturated carbocycles. The van der Waals surface area contributed by atoms with Gasteiger partial charge in [-0.1, -0.05) is 30.3 Å². The molecular formula is C29H29FN6O3. The molecule has 0 radical (unpaired) electrons. The molecule has 39 heavy (non-hydrogen) atoms. The molecule has 200 valence electrons. The van der Waals surface area contributed by atoms with Gasteiger partial charge in [-0.05, 0) is 31.4 Å². The molecule has 1 saturated heterocycles. The van der Waals surface area contributed by atoms with Gasteiger partial charge in [-0.2, -0.15) is 9.61 Å². The van der Waals surface area contributed by atoms with E-state index in [9.17, 15) is 9.18 Å². The van der Waals surface area contributed by atoms with Crippen molar-refractivity contribution in [3.63, 3.8) is 0 Å². The second-order valence-corrected chi connectivity index (χ2v) is 9.67. The Morgan fingerprint density at radius 3 is 2.72 bits per heavy atom. The highest BCUT2D eigenvalue weighted by atomic mass is 19.1. The number of hydrogen-bond donors (Lipinski definition) is 0.